The number of fused-ring (bicyclic) bond motifs is 3. The van der Waals surface area contributed by atoms with Crippen LogP contribution in [0.5, 0.6) is 0 Å². The molecular weight excluding hydrogens is 526 g/mol. The summed E-state index contributed by atoms with van der Waals surface area (Å²) in [5.41, 5.74) is -0.327. The number of alkyl halides is 2. The first-order valence-corrected chi connectivity index (χ1v) is 13.7. The van der Waals surface area contributed by atoms with Gasteiger partial charge in [-0.1, -0.05) is 17.4 Å². The van der Waals surface area contributed by atoms with Crippen LogP contribution >= 0.6 is 11.3 Å². The Kier molecular flexibility index (Phi) is 5.60. The molecule has 0 bridgehead atoms. The zero-order valence-electron chi connectivity index (χ0n) is 19.4. The number of hydrogen-bond acceptors (Lipinski definition) is 10. The highest BCUT2D eigenvalue weighted by atomic mass is 32.2. The molecular formula is C22H20F2N8O3S2. The van der Waals surface area contributed by atoms with E-state index < -0.39 is 27.0 Å². The van der Waals surface area contributed by atoms with Crippen LogP contribution in [0.3, 0.4) is 0 Å². The molecule has 11 nitrogen and oxygen atoms in total. The Morgan fingerprint density at radius 2 is 2.11 bits per heavy atom. The Hall–Kier alpha value is -3.32. The molecule has 1 aliphatic carbocycles. The van der Waals surface area contributed by atoms with Gasteiger partial charge in [-0.3, -0.25) is 4.57 Å². The van der Waals surface area contributed by atoms with E-state index in [0.717, 1.165) is 0 Å². The van der Waals surface area contributed by atoms with Crippen LogP contribution in [0, 0.1) is 11.3 Å². The Morgan fingerprint density at radius 1 is 1.30 bits per heavy atom. The van der Waals surface area contributed by atoms with Crippen molar-refractivity contribution in [1.29, 1.82) is 5.26 Å². The quantitative estimate of drug-likeness (QED) is 0.387. The smallest absolute Gasteiger partial charge is 0.291 e. The molecule has 1 saturated carbocycles. The summed E-state index contributed by atoms with van der Waals surface area (Å²) in [6.07, 6.45) is -0.584. The highest BCUT2D eigenvalue weighted by Gasteiger charge is 2.47. The molecule has 1 N–H and O–H groups in total. The predicted molar refractivity (Wildman–Crippen MR) is 130 cm³/mol. The van der Waals surface area contributed by atoms with Crippen molar-refractivity contribution >= 4 is 49.1 Å². The van der Waals surface area contributed by atoms with Crippen molar-refractivity contribution in [3.8, 4) is 11.2 Å². The monoisotopic (exact) mass is 546 g/mol. The molecule has 0 amide bonds. The molecule has 4 aromatic rings. The zero-order valence-corrected chi connectivity index (χ0v) is 21.1. The van der Waals surface area contributed by atoms with Crippen LogP contribution in [0.4, 0.5) is 14.6 Å². The van der Waals surface area contributed by atoms with Gasteiger partial charge in [0.15, 0.2) is 10.7 Å². The summed E-state index contributed by atoms with van der Waals surface area (Å²) in [5, 5.41) is 17.8. The fourth-order valence-electron chi connectivity index (χ4n) is 4.49. The second-order valence-corrected chi connectivity index (χ2v) is 11.7. The molecule has 15 heteroatoms. The highest BCUT2D eigenvalue weighted by Crippen LogP contribution is 2.40. The molecule has 6 rings (SSSR count). The number of benzene rings is 1. The van der Waals surface area contributed by atoms with Crippen molar-refractivity contribution in [3.63, 3.8) is 0 Å². The topological polar surface area (TPSA) is 139 Å². The number of hydrogen-bond donors (Lipinski definition) is 1. The lowest BCUT2D eigenvalue weighted by molar-refractivity contribution is 0.0530. The molecule has 0 spiro atoms. The summed E-state index contributed by atoms with van der Waals surface area (Å²) >= 11 is 0.696. The van der Waals surface area contributed by atoms with Gasteiger partial charge in [-0.2, -0.15) is 9.98 Å². The van der Waals surface area contributed by atoms with Crippen molar-refractivity contribution in [2.45, 2.75) is 42.7 Å². The Labute approximate surface area is 213 Å². The molecule has 37 heavy (non-hydrogen) atoms. The fraction of sp³-hybridized carbons (Fsp3) is 0.409. The first-order chi connectivity index (χ1) is 17.7. The minimum atomic E-state index is -4.04. The molecule has 2 aliphatic rings. The standard InChI is InChI=1S/C22H20F2N8O3S2/c1-12-9-31(6-7-35-12)18-16-14-3-2-13(37(33,34)30-22(10-25)4-5-22)8-15(14)32(19(16)27-11-26-18)21-29-28-20(36-21)17(23)24/h2-3,8,11-12,17,30H,4-7,9H2,1H3. The highest BCUT2D eigenvalue weighted by molar-refractivity contribution is 7.89. The van der Waals surface area contributed by atoms with E-state index in [9.17, 15) is 22.5 Å². The van der Waals surface area contributed by atoms with Gasteiger partial charge in [0, 0.05) is 18.5 Å². The van der Waals surface area contributed by atoms with E-state index in [4.69, 9.17) is 4.74 Å². The van der Waals surface area contributed by atoms with Gasteiger partial charge < -0.3 is 9.64 Å². The number of ether oxygens (including phenoxy) is 1. The van der Waals surface area contributed by atoms with Gasteiger partial charge in [0.2, 0.25) is 15.2 Å². The maximum Gasteiger partial charge on any atom is 0.291 e. The average molecular weight is 547 g/mol. The molecule has 1 saturated heterocycles. The lowest BCUT2D eigenvalue weighted by Gasteiger charge is -2.32. The molecule has 1 atom stereocenters. The zero-order chi connectivity index (χ0) is 25.9. The third-order valence-electron chi connectivity index (χ3n) is 6.45. The number of nitrogens with one attached hydrogen (secondary N) is 1. The van der Waals surface area contributed by atoms with Crippen LogP contribution in [-0.2, 0) is 14.8 Å². The number of morpholine rings is 1. The summed E-state index contributed by atoms with van der Waals surface area (Å²) in [7, 11) is -4.04. The molecule has 1 aromatic carbocycles. The minimum absolute atomic E-state index is 0.0263. The molecule has 4 heterocycles. The Bertz CT molecular complexity index is 1680. The number of rotatable bonds is 6. The van der Waals surface area contributed by atoms with Gasteiger partial charge in [-0.05, 0) is 31.9 Å². The number of anilines is 1. The van der Waals surface area contributed by atoms with Gasteiger partial charge in [0.1, 0.15) is 17.7 Å². The van der Waals surface area contributed by atoms with Crippen LogP contribution in [0.1, 0.15) is 31.2 Å². The summed E-state index contributed by atoms with van der Waals surface area (Å²) in [4.78, 5) is 10.9. The third kappa shape index (κ3) is 4.09. The Morgan fingerprint density at radius 3 is 2.78 bits per heavy atom. The summed E-state index contributed by atoms with van der Waals surface area (Å²) in [5.74, 6) is 0.623. The maximum atomic E-state index is 13.4. The third-order valence-corrected chi connectivity index (χ3v) is 8.90. The van der Waals surface area contributed by atoms with E-state index in [1.165, 1.54) is 23.0 Å². The molecule has 0 radical (unpaired) electrons. The van der Waals surface area contributed by atoms with Gasteiger partial charge in [0.05, 0.1) is 34.6 Å². The molecule has 192 valence electrons. The SMILES string of the molecule is CC1CN(c2ncnc3c2c2ccc(S(=O)(=O)NC4(C#N)CC4)cc2n3-c2nnc(C(F)F)s2)CCO1. The van der Waals surface area contributed by atoms with E-state index in [0.29, 0.717) is 71.6 Å². The van der Waals surface area contributed by atoms with E-state index in [2.05, 4.69) is 29.8 Å². The van der Waals surface area contributed by atoms with Crippen molar-refractivity contribution in [1.82, 2.24) is 29.5 Å². The lowest BCUT2D eigenvalue weighted by Crippen LogP contribution is -2.41. The number of nitriles is 1. The summed E-state index contributed by atoms with van der Waals surface area (Å²) < 4.78 is 62.7. The van der Waals surface area contributed by atoms with Crippen LogP contribution < -0.4 is 9.62 Å². The second kappa shape index (κ2) is 8.62. The second-order valence-electron chi connectivity index (χ2n) is 9.06. The van der Waals surface area contributed by atoms with Crippen LogP contribution in [0.15, 0.2) is 29.4 Å². The van der Waals surface area contributed by atoms with E-state index in [-0.39, 0.29) is 16.1 Å². The first-order valence-electron chi connectivity index (χ1n) is 11.4. The van der Waals surface area contributed by atoms with Crippen molar-refractivity contribution in [3.05, 3.63) is 29.5 Å². The van der Waals surface area contributed by atoms with Gasteiger partial charge in [-0.25, -0.2) is 27.2 Å². The molecule has 3 aromatic heterocycles. The number of sulfonamides is 1. The first kappa shape index (κ1) is 24.0. The van der Waals surface area contributed by atoms with E-state index in [1.807, 2.05) is 13.0 Å². The fourth-order valence-corrected chi connectivity index (χ4v) is 6.61. The predicted octanol–water partition coefficient (Wildman–Crippen LogP) is 2.92. The van der Waals surface area contributed by atoms with E-state index in [1.54, 1.807) is 6.07 Å². The normalized spacial score (nSPS) is 19.5. The van der Waals surface area contributed by atoms with Gasteiger partial charge in [-0.15, -0.1) is 10.2 Å². The average Bonchev–Trinajstić information content (AvgIpc) is 3.32. The summed E-state index contributed by atoms with van der Waals surface area (Å²) in [6, 6.07) is 6.54. The Balaban J connectivity index is 1.59. The largest absolute Gasteiger partial charge is 0.375 e. The van der Waals surface area contributed by atoms with Crippen molar-refractivity contribution < 1.29 is 21.9 Å². The number of halogens is 2. The van der Waals surface area contributed by atoms with Crippen molar-refractivity contribution in [2.75, 3.05) is 24.6 Å². The van der Waals surface area contributed by atoms with Crippen LogP contribution in [0.2, 0.25) is 0 Å². The summed E-state index contributed by atoms with van der Waals surface area (Å²) in [6.45, 7) is 3.64. The molecule has 2 fully saturated rings. The van der Waals surface area contributed by atoms with Gasteiger partial charge in [0.25, 0.3) is 6.43 Å². The van der Waals surface area contributed by atoms with Gasteiger partial charge >= 0.3 is 0 Å². The maximum absolute atomic E-state index is 13.4. The number of aromatic nitrogens is 5. The lowest BCUT2D eigenvalue weighted by atomic mass is 10.2. The van der Waals surface area contributed by atoms with Crippen LogP contribution in [-0.4, -0.2) is 64.5 Å². The number of nitrogens with zero attached hydrogens (tertiary/aromatic N) is 7. The van der Waals surface area contributed by atoms with Crippen LogP contribution in [0.25, 0.3) is 27.1 Å². The molecule has 1 unspecified atom stereocenters. The van der Waals surface area contributed by atoms with E-state index >= 15 is 0 Å². The molecule has 1 aliphatic heterocycles. The van der Waals surface area contributed by atoms with Crippen molar-refractivity contribution in [2.24, 2.45) is 0 Å². The minimum Gasteiger partial charge on any atom is -0.375 e.